The maximum atomic E-state index is 5.23. The maximum absolute atomic E-state index is 5.23. The molecule has 3 aromatic rings. The molecule has 3 aromatic carbocycles. The number of hydrogen-bond donors (Lipinski definition) is 0. The van der Waals surface area contributed by atoms with E-state index in [1.165, 1.54) is 118 Å². The molecule has 0 aliphatic carbocycles. The molecule has 0 radical (unpaired) electrons. The zero-order chi connectivity index (χ0) is 32.1. The van der Waals surface area contributed by atoms with E-state index in [4.69, 9.17) is 9.98 Å². The van der Waals surface area contributed by atoms with Crippen molar-refractivity contribution < 1.29 is 0 Å². The Morgan fingerprint density at radius 1 is 0.511 bits per heavy atom. The number of rotatable bonds is 22. The van der Waals surface area contributed by atoms with Gasteiger partial charge in [-0.05, 0) is 104 Å². The van der Waals surface area contributed by atoms with E-state index in [1.807, 2.05) is 0 Å². The Kier molecular flexibility index (Phi) is 17.6. The summed E-state index contributed by atoms with van der Waals surface area (Å²) >= 11 is 0. The van der Waals surface area contributed by atoms with Gasteiger partial charge in [-0.3, -0.25) is 9.98 Å². The summed E-state index contributed by atoms with van der Waals surface area (Å²) < 4.78 is 0. The first-order chi connectivity index (χ1) is 22.1. The summed E-state index contributed by atoms with van der Waals surface area (Å²) in [6, 6.07) is 24.7. The molecule has 3 rings (SSSR count). The van der Waals surface area contributed by atoms with Crippen molar-refractivity contribution in [2.45, 2.75) is 150 Å². The van der Waals surface area contributed by atoms with Crippen LogP contribution in [0.15, 0.2) is 76.7 Å². The predicted molar refractivity (Wildman–Crippen MR) is 201 cm³/mol. The van der Waals surface area contributed by atoms with Gasteiger partial charge in [-0.2, -0.15) is 0 Å². The lowest BCUT2D eigenvalue weighted by molar-refractivity contribution is 0.607. The molecular weight excluding hydrogens is 544 g/mol. The molecule has 244 valence electrons. The molecule has 45 heavy (non-hydrogen) atoms. The lowest BCUT2D eigenvalue weighted by Crippen LogP contribution is -2.08. The zero-order valence-electron chi connectivity index (χ0n) is 29.5. The van der Waals surface area contributed by atoms with Gasteiger partial charge >= 0.3 is 0 Å². The molecule has 0 spiro atoms. The number of hydrogen-bond acceptors (Lipinski definition) is 2. The largest absolute Gasteiger partial charge is 0.252 e. The van der Waals surface area contributed by atoms with Crippen molar-refractivity contribution in [3.05, 3.63) is 83.4 Å². The van der Waals surface area contributed by atoms with E-state index >= 15 is 0 Å². The van der Waals surface area contributed by atoms with Crippen LogP contribution in [0.25, 0.3) is 11.1 Å². The number of unbranched alkanes of at least 4 members (excludes halogenated alkanes) is 11. The van der Waals surface area contributed by atoms with E-state index in [2.05, 4.69) is 101 Å². The van der Waals surface area contributed by atoms with Gasteiger partial charge in [0.05, 0.1) is 22.8 Å². The first kappa shape index (κ1) is 36.5. The first-order valence-corrected chi connectivity index (χ1v) is 18.5. The molecule has 0 fully saturated rings. The maximum Gasteiger partial charge on any atom is 0.0639 e. The summed E-state index contributed by atoms with van der Waals surface area (Å²) in [7, 11) is 0. The molecule has 0 bridgehead atoms. The minimum Gasteiger partial charge on any atom is -0.252 e. The van der Waals surface area contributed by atoms with Crippen LogP contribution in [0.1, 0.15) is 148 Å². The number of nitrogens with zero attached hydrogens (tertiary/aromatic N) is 2. The fourth-order valence-corrected chi connectivity index (χ4v) is 6.27. The van der Waals surface area contributed by atoms with Gasteiger partial charge in [0.2, 0.25) is 0 Å². The van der Waals surface area contributed by atoms with Crippen LogP contribution in [0.4, 0.5) is 11.4 Å². The van der Waals surface area contributed by atoms with Crippen LogP contribution in [-0.4, -0.2) is 11.4 Å². The minimum absolute atomic E-state index is 0.869. The monoisotopic (exact) mass is 606 g/mol. The normalized spacial score (nSPS) is 12.2. The molecule has 0 aromatic heterocycles. The molecule has 0 aliphatic heterocycles. The van der Waals surface area contributed by atoms with Crippen molar-refractivity contribution in [2.24, 2.45) is 9.98 Å². The number of aryl methyl sites for hydroxylation is 3. The van der Waals surface area contributed by atoms with Gasteiger partial charge in [0.25, 0.3) is 0 Å². The van der Waals surface area contributed by atoms with Crippen molar-refractivity contribution in [2.75, 3.05) is 0 Å². The average Bonchev–Trinajstić information content (AvgIpc) is 3.06. The highest BCUT2D eigenvalue weighted by Gasteiger charge is 2.10. The summed E-state index contributed by atoms with van der Waals surface area (Å²) in [6.45, 7) is 11.2. The van der Waals surface area contributed by atoms with E-state index in [0.717, 1.165) is 48.5 Å². The molecule has 0 atom stereocenters. The Morgan fingerprint density at radius 2 is 1.09 bits per heavy atom. The van der Waals surface area contributed by atoms with E-state index in [0.29, 0.717) is 0 Å². The van der Waals surface area contributed by atoms with Crippen molar-refractivity contribution in [3.8, 4) is 11.1 Å². The quantitative estimate of drug-likeness (QED) is 0.0803. The highest BCUT2D eigenvalue weighted by atomic mass is 14.8. The van der Waals surface area contributed by atoms with Gasteiger partial charge in [0, 0.05) is 0 Å². The topological polar surface area (TPSA) is 24.7 Å². The fourth-order valence-electron chi connectivity index (χ4n) is 6.27. The van der Waals surface area contributed by atoms with Gasteiger partial charge in [-0.1, -0.05) is 141 Å². The summed E-state index contributed by atoms with van der Waals surface area (Å²) in [6.07, 6.45) is 22.6. The highest BCUT2D eigenvalue weighted by Crippen LogP contribution is 2.30. The molecule has 0 unspecified atom stereocenters. The Labute approximate surface area is 276 Å². The first-order valence-electron chi connectivity index (χ1n) is 18.5. The predicted octanol–water partition coefficient (Wildman–Crippen LogP) is 13.8. The molecular formula is C43H62N2. The van der Waals surface area contributed by atoms with Crippen LogP contribution in [0.3, 0.4) is 0 Å². The van der Waals surface area contributed by atoms with E-state index in [-0.39, 0.29) is 0 Å². The third kappa shape index (κ3) is 13.5. The molecule has 0 aliphatic rings. The molecule has 0 saturated heterocycles. The average molecular weight is 607 g/mol. The lowest BCUT2D eigenvalue weighted by atomic mass is 9.95. The molecule has 2 heteroatoms. The Balaban J connectivity index is 1.82. The highest BCUT2D eigenvalue weighted by molar-refractivity contribution is 6.42. The van der Waals surface area contributed by atoms with E-state index in [9.17, 15) is 0 Å². The molecule has 0 saturated carbocycles. The summed E-state index contributed by atoms with van der Waals surface area (Å²) in [5.41, 5.74) is 11.1. The van der Waals surface area contributed by atoms with Crippen molar-refractivity contribution in [3.63, 3.8) is 0 Å². The SMILES string of the molecule is CCCCCCCCc1cc(CCCC)cc(N=C(CC)C(C)=Nc2ccc(-c3ccccc3)c(CCCCCCCC)c2)c1. The smallest absolute Gasteiger partial charge is 0.0639 e. The second kappa shape index (κ2) is 21.7. The van der Waals surface area contributed by atoms with Gasteiger partial charge < -0.3 is 0 Å². The van der Waals surface area contributed by atoms with E-state index in [1.54, 1.807) is 0 Å². The second-order valence-electron chi connectivity index (χ2n) is 13.0. The second-order valence-corrected chi connectivity index (χ2v) is 13.0. The third-order valence-corrected chi connectivity index (χ3v) is 8.96. The van der Waals surface area contributed by atoms with Crippen LogP contribution in [0, 0.1) is 0 Å². The fraction of sp³-hybridized carbons (Fsp3) is 0.535. The molecule has 0 N–H and O–H groups in total. The van der Waals surface area contributed by atoms with Gasteiger partial charge in [-0.25, -0.2) is 0 Å². The molecule has 2 nitrogen and oxygen atoms in total. The Bertz CT molecular complexity index is 1300. The van der Waals surface area contributed by atoms with Crippen molar-refractivity contribution in [1.82, 2.24) is 0 Å². The lowest BCUT2D eigenvalue weighted by Gasteiger charge is -2.12. The summed E-state index contributed by atoms with van der Waals surface area (Å²) in [5.74, 6) is 0. The van der Waals surface area contributed by atoms with Crippen LogP contribution in [0.5, 0.6) is 0 Å². The third-order valence-electron chi connectivity index (χ3n) is 8.96. The van der Waals surface area contributed by atoms with Crippen LogP contribution < -0.4 is 0 Å². The van der Waals surface area contributed by atoms with Crippen molar-refractivity contribution >= 4 is 22.8 Å². The zero-order valence-corrected chi connectivity index (χ0v) is 29.5. The van der Waals surface area contributed by atoms with Gasteiger partial charge in [-0.15, -0.1) is 0 Å². The van der Waals surface area contributed by atoms with Gasteiger partial charge in [0.1, 0.15) is 0 Å². The Hall–Kier alpha value is -3.00. The standard InChI is InChI=1S/C43H62N2/c1-6-10-13-15-17-20-25-37-31-36(24-12-8-3)32-41(33-37)45-43(9-4)35(5)44-40-29-30-42(38-26-22-19-23-27-38)39(34-40)28-21-18-16-14-11-7-2/h19,22-23,26-27,29-34H,6-18,20-21,24-25,28H2,1-5H3. The van der Waals surface area contributed by atoms with Crippen LogP contribution >= 0.6 is 0 Å². The summed E-state index contributed by atoms with van der Waals surface area (Å²) in [4.78, 5) is 10.4. The van der Waals surface area contributed by atoms with Gasteiger partial charge in [0.15, 0.2) is 0 Å². The molecule has 0 heterocycles. The van der Waals surface area contributed by atoms with Crippen LogP contribution in [0.2, 0.25) is 0 Å². The van der Waals surface area contributed by atoms with E-state index < -0.39 is 0 Å². The number of benzene rings is 3. The molecule has 0 amide bonds. The Morgan fingerprint density at radius 3 is 1.71 bits per heavy atom. The summed E-state index contributed by atoms with van der Waals surface area (Å²) in [5, 5.41) is 0. The minimum atomic E-state index is 0.869. The number of aliphatic imine (C=N–C) groups is 2. The van der Waals surface area contributed by atoms with Crippen molar-refractivity contribution in [1.29, 1.82) is 0 Å². The van der Waals surface area contributed by atoms with Crippen LogP contribution in [-0.2, 0) is 19.3 Å².